The highest BCUT2D eigenvalue weighted by Gasteiger charge is 2.53. The molecule has 0 atom stereocenters. The summed E-state index contributed by atoms with van der Waals surface area (Å²) in [6.45, 7) is 11.6. The molecule has 2 nitrogen and oxygen atoms in total. The molecular formula is C12H22BFO2. The SMILES string of the molecule is CCC(CC)=C(F)B1OC(C)(C)C(C)(C)O1. The normalized spacial score (nSPS) is 22.3. The minimum atomic E-state index is -0.833. The number of allylic oxidation sites excluding steroid dienone is 1. The highest BCUT2D eigenvalue weighted by molar-refractivity contribution is 6.53. The van der Waals surface area contributed by atoms with E-state index >= 15 is 0 Å². The molecule has 16 heavy (non-hydrogen) atoms. The molecule has 0 bridgehead atoms. The van der Waals surface area contributed by atoms with Crippen LogP contribution >= 0.6 is 0 Å². The van der Waals surface area contributed by atoms with Crippen LogP contribution in [0.3, 0.4) is 0 Å². The lowest BCUT2D eigenvalue weighted by Gasteiger charge is -2.32. The highest BCUT2D eigenvalue weighted by atomic mass is 19.1. The molecule has 0 aliphatic carbocycles. The van der Waals surface area contributed by atoms with Gasteiger partial charge in [-0.2, -0.15) is 0 Å². The van der Waals surface area contributed by atoms with Crippen molar-refractivity contribution in [1.82, 2.24) is 0 Å². The molecular weight excluding hydrogens is 206 g/mol. The molecule has 1 saturated heterocycles. The van der Waals surface area contributed by atoms with Gasteiger partial charge in [0.05, 0.1) is 11.2 Å². The number of halogens is 1. The fraction of sp³-hybridized carbons (Fsp3) is 0.833. The minimum Gasteiger partial charge on any atom is -0.398 e. The van der Waals surface area contributed by atoms with E-state index in [1.54, 1.807) is 0 Å². The summed E-state index contributed by atoms with van der Waals surface area (Å²) >= 11 is 0. The van der Waals surface area contributed by atoms with Gasteiger partial charge in [-0.1, -0.05) is 13.8 Å². The maximum atomic E-state index is 14.1. The van der Waals surface area contributed by atoms with Crippen LogP contribution in [0.2, 0.25) is 0 Å². The lowest BCUT2D eigenvalue weighted by Crippen LogP contribution is -2.41. The van der Waals surface area contributed by atoms with E-state index in [0.29, 0.717) is 12.8 Å². The monoisotopic (exact) mass is 228 g/mol. The van der Waals surface area contributed by atoms with Crippen molar-refractivity contribution >= 4 is 7.12 Å². The van der Waals surface area contributed by atoms with E-state index < -0.39 is 18.3 Å². The Morgan fingerprint density at radius 2 is 1.38 bits per heavy atom. The Morgan fingerprint density at radius 1 is 1.00 bits per heavy atom. The second-order valence-corrected chi connectivity index (χ2v) is 5.25. The van der Waals surface area contributed by atoms with E-state index in [1.807, 2.05) is 41.5 Å². The summed E-state index contributed by atoms with van der Waals surface area (Å²) in [4.78, 5) is 0. The third-order valence-electron chi connectivity index (χ3n) is 3.65. The van der Waals surface area contributed by atoms with Gasteiger partial charge in [-0.25, -0.2) is 4.39 Å². The van der Waals surface area contributed by atoms with E-state index in [-0.39, 0.29) is 5.73 Å². The standard InChI is InChI=1S/C12H22BFO2/c1-7-9(8-2)10(14)13-15-11(3,4)12(5,6)16-13/h7-8H2,1-6H3. The molecule has 0 radical (unpaired) electrons. The van der Waals surface area contributed by atoms with Gasteiger partial charge in [-0.05, 0) is 46.1 Å². The first-order valence-corrected chi connectivity index (χ1v) is 5.98. The van der Waals surface area contributed by atoms with Gasteiger partial charge < -0.3 is 9.31 Å². The molecule has 4 heteroatoms. The van der Waals surface area contributed by atoms with Crippen molar-refractivity contribution in [2.75, 3.05) is 0 Å². The van der Waals surface area contributed by atoms with E-state index in [2.05, 4.69) is 0 Å². The molecule has 0 spiro atoms. The van der Waals surface area contributed by atoms with Crippen molar-refractivity contribution in [2.45, 2.75) is 65.6 Å². The summed E-state index contributed by atoms with van der Waals surface area (Å²) in [5.74, 6) is 0. The highest BCUT2D eigenvalue weighted by Crippen LogP contribution is 2.39. The predicted octanol–water partition coefficient (Wildman–Crippen LogP) is 3.66. The van der Waals surface area contributed by atoms with Crippen LogP contribution < -0.4 is 0 Å². The molecule has 1 heterocycles. The molecule has 0 N–H and O–H groups in total. The largest absolute Gasteiger partial charge is 0.525 e. The molecule has 0 aromatic rings. The maximum Gasteiger partial charge on any atom is 0.525 e. The van der Waals surface area contributed by atoms with Gasteiger partial charge in [-0.3, -0.25) is 0 Å². The van der Waals surface area contributed by atoms with Crippen molar-refractivity contribution in [3.63, 3.8) is 0 Å². The fourth-order valence-electron chi connectivity index (χ4n) is 1.70. The van der Waals surface area contributed by atoms with Crippen molar-refractivity contribution in [3.8, 4) is 0 Å². The Kier molecular flexibility index (Phi) is 3.85. The third kappa shape index (κ3) is 2.33. The first kappa shape index (κ1) is 13.7. The van der Waals surface area contributed by atoms with Crippen LogP contribution in [0, 0.1) is 0 Å². The van der Waals surface area contributed by atoms with Crippen LogP contribution in [0.4, 0.5) is 4.39 Å². The van der Waals surface area contributed by atoms with E-state index in [1.165, 1.54) is 0 Å². The van der Waals surface area contributed by atoms with Gasteiger partial charge in [0.1, 0.15) is 5.73 Å². The zero-order valence-corrected chi connectivity index (χ0v) is 11.2. The van der Waals surface area contributed by atoms with Gasteiger partial charge in [0.25, 0.3) is 0 Å². The maximum absolute atomic E-state index is 14.1. The van der Waals surface area contributed by atoms with Gasteiger partial charge in [0, 0.05) is 0 Å². The molecule has 1 aliphatic rings. The summed E-state index contributed by atoms with van der Waals surface area (Å²) in [5, 5.41) is 0. The first-order chi connectivity index (χ1) is 7.25. The summed E-state index contributed by atoms with van der Waals surface area (Å²) < 4.78 is 25.4. The Labute approximate surface area is 98.3 Å². The lowest BCUT2D eigenvalue weighted by atomic mass is 9.83. The average molecular weight is 228 g/mol. The first-order valence-electron chi connectivity index (χ1n) is 5.98. The molecule has 1 rings (SSSR count). The summed E-state index contributed by atoms with van der Waals surface area (Å²) in [6, 6.07) is 0. The van der Waals surface area contributed by atoms with Crippen molar-refractivity contribution in [1.29, 1.82) is 0 Å². The smallest absolute Gasteiger partial charge is 0.398 e. The van der Waals surface area contributed by atoms with Crippen LogP contribution in [-0.4, -0.2) is 18.3 Å². The fourth-order valence-corrected chi connectivity index (χ4v) is 1.70. The zero-order chi connectivity index (χ0) is 12.6. The average Bonchev–Trinajstić information content (AvgIpc) is 2.38. The second kappa shape index (κ2) is 4.50. The molecule has 92 valence electrons. The van der Waals surface area contributed by atoms with Crippen molar-refractivity contribution in [3.05, 3.63) is 11.3 Å². The zero-order valence-electron chi connectivity index (χ0n) is 11.2. The Hall–Kier alpha value is -0.345. The van der Waals surface area contributed by atoms with Crippen LogP contribution in [-0.2, 0) is 9.31 Å². The topological polar surface area (TPSA) is 18.5 Å². The van der Waals surface area contributed by atoms with Gasteiger partial charge >= 0.3 is 7.12 Å². The van der Waals surface area contributed by atoms with E-state index in [0.717, 1.165) is 5.57 Å². The van der Waals surface area contributed by atoms with Crippen LogP contribution in [0.5, 0.6) is 0 Å². The summed E-state index contributed by atoms with van der Waals surface area (Å²) in [5.41, 5.74) is -0.412. The molecule has 0 unspecified atom stereocenters. The Morgan fingerprint density at radius 3 is 1.69 bits per heavy atom. The summed E-state index contributed by atoms with van der Waals surface area (Å²) in [7, 11) is -0.833. The second-order valence-electron chi connectivity index (χ2n) is 5.25. The molecule has 0 amide bonds. The Balaban J connectivity index is 2.92. The minimum absolute atomic E-state index is 0.247. The number of hydrogen-bond acceptors (Lipinski definition) is 2. The van der Waals surface area contributed by atoms with E-state index in [9.17, 15) is 4.39 Å². The Bertz CT molecular complexity index is 275. The molecule has 1 aliphatic heterocycles. The van der Waals surface area contributed by atoms with Gasteiger partial charge in [-0.15, -0.1) is 0 Å². The van der Waals surface area contributed by atoms with Crippen LogP contribution in [0.15, 0.2) is 11.3 Å². The van der Waals surface area contributed by atoms with Crippen molar-refractivity contribution in [2.24, 2.45) is 0 Å². The van der Waals surface area contributed by atoms with Crippen molar-refractivity contribution < 1.29 is 13.7 Å². The third-order valence-corrected chi connectivity index (χ3v) is 3.65. The quantitative estimate of drug-likeness (QED) is 0.686. The molecule has 0 aromatic carbocycles. The van der Waals surface area contributed by atoms with E-state index in [4.69, 9.17) is 9.31 Å². The number of hydrogen-bond donors (Lipinski definition) is 0. The molecule has 1 fully saturated rings. The number of rotatable bonds is 3. The molecule has 0 aromatic heterocycles. The van der Waals surface area contributed by atoms with Gasteiger partial charge in [0.2, 0.25) is 0 Å². The lowest BCUT2D eigenvalue weighted by molar-refractivity contribution is 0.00578. The van der Waals surface area contributed by atoms with Crippen LogP contribution in [0.1, 0.15) is 54.4 Å². The van der Waals surface area contributed by atoms with Gasteiger partial charge in [0.15, 0.2) is 0 Å². The molecule has 0 saturated carbocycles. The summed E-state index contributed by atoms with van der Waals surface area (Å²) in [6.07, 6.45) is 1.40. The predicted molar refractivity (Wildman–Crippen MR) is 64.8 cm³/mol. The van der Waals surface area contributed by atoms with Crippen LogP contribution in [0.25, 0.3) is 0 Å².